The molecule has 250 valence electrons. The van der Waals surface area contributed by atoms with Gasteiger partial charge in [-0.2, -0.15) is 0 Å². The van der Waals surface area contributed by atoms with Gasteiger partial charge in [0, 0.05) is 24.0 Å². The summed E-state index contributed by atoms with van der Waals surface area (Å²) in [5, 5.41) is 10.3. The van der Waals surface area contributed by atoms with Crippen LogP contribution >= 0.6 is 0 Å². The van der Waals surface area contributed by atoms with E-state index in [2.05, 4.69) is 160 Å². The third kappa shape index (κ3) is 5.55. The molecule has 3 heteroatoms. The fourth-order valence-corrected chi connectivity index (χ4v) is 8.19. The van der Waals surface area contributed by atoms with Gasteiger partial charge in [-0.25, -0.2) is 9.97 Å². The molecule has 2 aromatic heterocycles. The molecule has 1 unspecified atom stereocenters. The molecule has 3 nitrogen and oxygen atoms in total. The minimum atomic E-state index is 0.242. The molecular formula is C50H35N3. The molecule has 1 aliphatic rings. The first-order chi connectivity index (χ1) is 26.3. The van der Waals surface area contributed by atoms with Gasteiger partial charge < -0.3 is 0 Å². The van der Waals surface area contributed by atoms with Crippen molar-refractivity contribution in [3.63, 3.8) is 0 Å². The summed E-state index contributed by atoms with van der Waals surface area (Å²) < 4.78 is 0. The molecule has 0 amide bonds. The Hall–Kier alpha value is -6.84. The van der Waals surface area contributed by atoms with Crippen LogP contribution in [0.4, 0.5) is 17.3 Å². The topological polar surface area (TPSA) is 29.0 Å². The van der Waals surface area contributed by atoms with Crippen molar-refractivity contribution in [1.29, 1.82) is 0 Å². The smallest absolute Gasteiger partial charge is 0.138 e. The van der Waals surface area contributed by atoms with Gasteiger partial charge in [-0.1, -0.05) is 133 Å². The molecule has 0 bridgehead atoms. The van der Waals surface area contributed by atoms with Crippen LogP contribution in [0.15, 0.2) is 182 Å². The van der Waals surface area contributed by atoms with Crippen LogP contribution in [-0.2, 0) is 0 Å². The Morgan fingerprint density at radius 2 is 1.08 bits per heavy atom. The molecule has 10 rings (SSSR count). The van der Waals surface area contributed by atoms with Gasteiger partial charge in [0.15, 0.2) is 0 Å². The molecule has 0 spiro atoms. The Morgan fingerprint density at radius 1 is 0.453 bits per heavy atom. The minimum absolute atomic E-state index is 0.242. The Kier molecular flexibility index (Phi) is 7.62. The number of rotatable bonds is 6. The molecule has 0 aliphatic heterocycles. The molecule has 0 saturated carbocycles. The lowest BCUT2D eigenvalue weighted by atomic mass is 9.80. The molecule has 53 heavy (non-hydrogen) atoms. The van der Waals surface area contributed by atoms with Crippen LogP contribution < -0.4 is 15.3 Å². The maximum Gasteiger partial charge on any atom is 0.138 e. The molecule has 0 fully saturated rings. The van der Waals surface area contributed by atoms with E-state index in [9.17, 15) is 0 Å². The number of fused-ring (bicyclic) bond motifs is 4. The molecule has 9 aromatic rings. The van der Waals surface area contributed by atoms with E-state index in [1.165, 1.54) is 65.0 Å². The van der Waals surface area contributed by atoms with Crippen molar-refractivity contribution < 1.29 is 0 Å². The van der Waals surface area contributed by atoms with Crippen molar-refractivity contribution >= 4 is 61.8 Å². The Balaban J connectivity index is 1.18. The van der Waals surface area contributed by atoms with Gasteiger partial charge in [0.25, 0.3) is 0 Å². The summed E-state index contributed by atoms with van der Waals surface area (Å²) in [6, 6.07) is 61.1. The van der Waals surface area contributed by atoms with Crippen LogP contribution in [-0.4, -0.2) is 9.97 Å². The number of hydrogen-bond acceptors (Lipinski definition) is 3. The number of hydrogen-bond donors (Lipinski definition) is 0. The lowest BCUT2D eigenvalue weighted by molar-refractivity contribution is 0.940. The quantitative estimate of drug-likeness (QED) is 0.164. The molecule has 1 aliphatic carbocycles. The average Bonchev–Trinajstić information content (AvgIpc) is 3.23. The van der Waals surface area contributed by atoms with Crippen LogP contribution in [0.5, 0.6) is 0 Å². The third-order valence-corrected chi connectivity index (χ3v) is 10.7. The highest BCUT2D eigenvalue weighted by Gasteiger charge is 2.22. The largest absolute Gasteiger partial charge is 0.279 e. The van der Waals surface area contributed by atoms with E-state index >= 15 is 0 Å². The second-order valence-corrected chi connectivity index (χ2v) is 13.8. The van der Waals surface area contributed by atoms with E-state index in [0.717, 1.165) is 29.3 Å². The Morgan fingerprint density at radius 3 is 1.83 bits per heavy atom. The molecule has 2 heterocycles. The predicted octanol–water partition coefficient (Wildman–Crippen LogP) is 11.5. The molecular weight excluding hydrogens is 643 g/mol. The summed E-state index contributed by atoms with van der Waals surface area (Å²) in [5.74, 6) is 1.89. The van der Waals surface area contributed by atoms with Crippen molar-refractivity contribution in [2.75, 3.05) is 4.90 Å². The number of aromatic nitrogens is 2. The second kappa shape index (κ2) is 13.0. The summed E-state index contributed by atoms with van der Waals surface area (Å²) in [6.45, 7) is 0. The van der Waals surface area contributed by atoms with Crippen LogP contribution in [0.25, 0.3) is 66.7 Å². The zero-order chi connectivity index (χ0) is 35.1. The lowest BCUT2D eigenvalue weighted by Gasteiger charge is -2.24. The first-order valence-corrected chi connectivity index (χ1v) is 18.3. The maximum absolute atomic E-state index is 4.67. The highest BCUT2D eigenvalue weighted by Crippen LogP contribution is 2.45. The monoisotopic (exact) mass is 677 g/mol. The van der Waals surface area contributed by atoms with Gasteiger partial charge in [0.05, 0.1) is 0 Å². The van der Waals surface area contributed by atoms with Crippen molar-refractivity contribution in [3.05, 3.63) is 198 Å². The summed E-state index contributed by atoms with van der Waals surface area (Å²) >= 11 is 0. The first-order valence-electron chi connectivity index (χ1n) is 18.3. The average molecular weight is 678 g/mol. The molecule has 1 atom stereocenters. The van der Waals surface area contributed by atoms with Gasteiger partial charge in [-0.3, -0.25) is 4.90 Å². The highest BCUT2D eigenvalue weighted by molar-refractivity contribution is 6.17. The number of anilines is 3. The van der Waals surface area contributed by atoms with E-state index in [-0.39, 0.29) is 5.92 Å². The van der Waals surface area contributed by atoms with Gasteiger partial charge in [0.1, 0.15) is 11.6 Å². The summed E-state index contributed by atoms with van der Waals surface area (Å²) in [6.07, 6.45) is 9.50. The number of pyridine rings is 2. The van der Waals surface area contributed by atoms with Crippen LogP contribution in [0.1, 0.15) is 17.9 Å². The number of benzene rings is 7. The Labute approximate surface area is 308 Å². The fraction of sp³-hybridized carbons (Fsp3) is 0.0400. The lowest BCUT2D eigenvalue weighted by Crippen LogP contribution is -2.27. The summed E-state index contributed by atoms with van der Waals surface area (Å²) in [4.78, 5) is 11.4. The molecule has 0 saturated heterocycles. The fourth-order valence-electron chi connectivity index (χ4n) is 8.19. The van der Waals surface area contributed by atoms with Crippen LogP contribution in [0, 0.1) is 0 Å². The van der Waals surface area contributed by atoms with E-state index < -0.39 is 0 Å². The van der Waals surface area contributed by atoms with Crippen LogP contribution in [0.2, 0.25) is 0 Å². The minimum Gasteiger partial charge on any atom is -0.279 e. The summed E-state index contributed by atoms with van der Waals surface area (Å²) in [5.41, 5.74) is 7.26. The van der Waals surface area contributed by atoms with Gasteiger partial charge in [-0.15, -0.1) is 0 Å². The standard InChI is InChI=1S/C50H35N3/c1-3-13-37-31-40(21-19-34(37)11-1)49-43-15-5-6-16-44(43)50(41-22-20-35-12-2-4-14-38(35)32-41)46-33-39(25-28-45(46)49)36-23-26-42(27-24-36)53(47-17-7-9-29-51-47)48-18-8-10-30-52-48/h1-21,23-33,41H,22H2. The summed E-state index contributed by atoms with van der Waals surface area (Å²) in [7, 11) is 0. The normalized spacial score (nSPS) is 13.7. The van der Waals surface area contributed by atoms with Gasteiger partial charge in [-0.05, 0) is 126 Å². The van der Waals surface area contributed by atoms with Crippen molar-refractivity contribution in [2.24, 2.45) is 0 Å². The van der Waals surface area contributed by atoms with E-state index in [0.29, 0.717) is 0 Å². The Bertz CT molecular complexity index is 2880. The first kappa shape index (κ1) is 30.9. The zero-order valence-electron chi connectivity index (χ0n) is 29.1. The molecule has 0 N–H and O–H groups in total. The van der Waals surface area contributed by atoms with Crippen molar-refractivity contribution in [2.45, 2.75) is 12.3 Å². The van der Waals surface area contributed by atoms with E-state index in [1.807, 2.05) is 48.8 Å². The zero-order valence-corrected chi connectivity index (χ0v) is 29.1. The van der Waals surface area contributed by atoms with Gasteiger partial charge in [0.2, 0.25) is 0 Å². The third-order valence-electron chi connectivity index (χ3n) is 10.7. The highest BCUT2D eigenvalue weighted by atomic mass is 15.2. The maximum atomic E-state index is 4.67. The SMILES string of the molecule is C1=c2ccccc2=CC(c2c3ccccc3c(-c3ccc4ccccc4c3)c3ccc(-c4ccc(N(c5ccccn5)c5ccccn5)cc4)cc23)C1. The second-order valence-electron chi connectivity index (χ2n) is 13.8. The molecule has 7 aromatic carbocycles. The van der Waals surface area contributed by atoms with Gasteiger partial charge >= 0.3 is 0 Å². The van der Waals surface area contributed by atoms with E-state index in [1.54, 1.807) is 0 Å². The molecule has 0 radical (unpaired) electrons. The van der Waals surface area contributed by atoms with Crippen molar-refractivity contribution in [1.82, 2.24) is 9.97 Å². The van der Waals surface area contributed by atoms with Crippen LogP contribution in [0.3, 0.4) is 0 Å². The number of nitrogens with zero attached hydrogens (tertiary/aromatic N) is 3. The van der Waals surface area contributed by atoms with E-state index in [4.69, 9.17) is 0 Å². The van der Waals surface area contributed by atoms with Crippen molar-refractivity contribution in [3.8, 4) is 22.3 Å². The predicted molar refractivity (Wildman–Crippen MR) is 222 cm³/mol.